The minimum Gasteiger partial charge on any atom is -0.324 e. The third-order valence-electron chi connectivity index (χ3n) is 2.63. The fourth-order valence-electron chi connectivity index (χ4n) is 1.41. The summed E-state index contributed by atoms with van der Waals surface area (Å²) in [5.74, 6) is -0.127. The van der Waals surface area contributed by atoms with Gasteiger partial charge < -0.3 is 4.90 Å². The van der Waals surface area contributed by atoms with Crippen LogP contribution in [0.3, 0.4) is 0 Å². The SMILES string of the molecule is CC(Cc1cccs1)N(C)C(=O)NC(=O)CCCl. The van der Waals surface area contributed by atoms with Crippen molar-refractivity contribution in [3.05, 3.63) is 22.4 Å². The molecular weight excluding hydrogens is 272 g/mol. The number of carbonyl (C=O) groups excluding carboxylic acids is 2. The topological polar surface area (TPSA) is 49.4 Å². The number of hydrogen-bond donors (Lipinski definition) is 1. The standard InChI is InChI=1S/C12H17ClN2O2S/c1-9(8-10-4-3-7-18-10)15(2)12(17)14-11(16)5-6-13/h3-4,7,9H,5-6,8H2,1-2H3,(H,14,16,17). The number of nitrogens with one attached hydrogen (secondary N) is 1. The van der Waals surface area contributed by atoms with Crippen LogP contribution in [-0.2, 0) is 11.2 Å². The maximum absolute atomic E-state index is 11.8. The Hall–Kier alpha value is -1.07. The van der Waals surface area contributed by atoms with E-state index in [1.165, 1.54) is 9.78 Å². The Bertz CT molecular complexity index is 395. The monoisotopic (exact) mass is 288 g/mol. The lowest BCUT2D eigenvalue weighted by molar-refractivity contribution is -0.119. The number of amides is 3. The summed E-state index contributed by atoms with van der Waals surface area (Å²) in [6.07, 6.45) is 0.936. The molecule has 0 aliphatic heterocycles. The van der Waals surface area contributed by atoms with Crippen molar-refractivity contribution in [3.8, 4) is 0 Å². The second kappa shape index (κ2) is 7.38. The van der Waals surface area contributed by atoms with Crippen LogP contribution in [0, 0.1) is 0 Å². The zero-order valence-electron chi connectivity index (χ0n) is 10.5. The van der Waals surface area contributed by atoms with E-state index in [4.69, 9.17) is 11.6 Å². The Morgan fingerprint density at radius 2 is 2.28 bits per heavy atom. The largest absolute Gasteiger partial charge is 0.324 e. The third-order valence-corrected chi connectivity index (χ3v) is 3.71. The van der Waals surface area contributed by atoms with Gasteiger partial charge in [0.05, 0.1) is 0 Å². The first-order valence-corrected chi connectivity index (χ1v) is 7.11. The summed E-state index contributed by atoms with van der Waals surface area (Å²) in [7, 11) is 1.68. The molecule has 0 aromatic carbocycles. The van der Waals surface area contributed by atoms with Gasteiger partial charge in [0, 0.05) is 36.7 Å². The molecule has 1 atom stereocenters. The van der Waals surface area contributed by atoms with Gasteiger partial charge in [0.2, 0.25) is 5.91 Å². The van der Waals surface area contributed by atoms with Crippen molar-refractivity contribution in [2.24, 2.45) is 0 Å². The Morgan fingerprint density at radius 1 is 1.56 bits per heavy atom. The minimum atomic E-state index is -0.380. The molecule has 1 N–H and O–H groups in total. The van der Waals surface area contributed by atoms with E-state index in [1.807, 2.05) is 24.4 Å². The predicted octanol–water partition coefficient (Wildman–Crippen LogP) is 2.48. The quantitative estimate of drug-likeness (QED) is 0.846. The highest BCUT2D eigenvalue weighted by Gasteiger charge is 2.18. The Balaban J connectivity index is 2.45. The summed E-state index contributed by atoms with van der Waals surface area (Å²) in [5, 5.41) is 4.31. The van der Waals surface area contributed by atoms with E-state index in [0.717, 1.165) is 6.42 Å². The highest BCUT2D eigenvalue weighted by Crippen LogP contribution is 2.13. The van der Waals surface area contributed by atoms with Crippen molar-refractivity contribution >= 4 is 34.9 Å². The number of urea groups is 1. The fraction of sp³-hybridized carbons (Fsp3) is 0.500. The maximum atomic E-state index is 11.8. The van der Waals surface area contributed by atoms with Gasteiger partial charge in [-0.3, -0.25) is 10.1 Å². The zero-order valence-corrected chi connectivity index (χ0v) is 12.1. The number of alkyl halides is 1. The molecule has 0 saturated carbocycles. The molecule has 0 aliphatic carbocycles. The van der Waals surface area contributed by atoms with Crippen molar-refractivity contribution in [2.45, 2.75) is 25.8 Å². The summed E-state index contributed by atoms with van der Waals surface area (Å²) in [5.41, 5.74) is 0. The lowest BCUT2D eigenvalue weighted by Gasteiger charge is -2.24. The average molecular weight is 289 g/mol. The van der Waals surface area contributed by atoms with Crippen molar-refractivity contribution < 1.29 is 9.59 Å². The van der Waals surface area contributed by atoms with Gasteiger partial charge in [0.15, 0.2) is 0 Å². The molecule has 1 aromatic heterocycles. The fourth-order valence-corrected chi connectivity index (χ4v) is 2.41. The highest BCUT2D eigenvalue weighted by molar-refractivity contribution is 7.09. The van der Waals surface area contributed by atoms with Crippen LogP contribution < -0.4 is 5.32 Å². The Labute approximate surface area is 116 Å². The van der Waals surface area contributed by atoms with Crippen LogP contribution >= 0.6 is 22.9 Å². The second-order valence-electron chi connectivity index (χ2n) is 4.04. The number of nitrogens with zero attached hydrogens (tertiary/aromatic N) is 1. The van der Waals surface area contributed by atoms with E-state index in [2.05, 4.69) is 5.32 Å². The summed E-state index contributed by atoms with van der Waals surface area (Å²) < 4.78 is 0. The molecule has 0 radical (unpaired) electrons. The molecule has 1 unspecified atom stereocenters. The van der Waals surface area contributed by atoms with E-state index in [1.54, 1.807) is 18.4 Å². The lowest BCUT2D eigenvalue weighted by atomic mass is 10.2. The van der Waals surface area contributed by atoms with E-state index < -0.39 is 0 Å². The molecule has 1 heterocycles. The number of halogens is 1. The van der Waals surface area contributed by atoms with Crippen molar-refractivity contribution in [3.63, 3.8) is 0 Å². The second-order valence-corrected chi connectivity index (χ2v) is 5.45. The molecule has 4 nitrogen and oxygen atoms in total. The molecule has 1 rings (SSSR count). The molecule has 1 aromatic rings. The highest BCUT2D eigenvalue weighted by atomic mass is 35.5. The normalized spacial score (nSPS) is 11.9. The summed E-state index contributed by atoms with van der Waals surface area (Å²) >= 11 is 7.09. The Kier molecular flexibility index (Phi) is 6.15. The van der Waals surface area contributed by atoms with Gasteiger partial charge in [0.1, 0.15) is 0 Å². The zero-order chi connectivity index (χ0) is 13.5. The average Bonchev–Trinajstić information content (AvgIpc) is 2.80. The first-order valence-electron chi connectivity index (χ1n) is 5.69. The van der Waals surface area contributed by atoms with E-state index in [9.17, 15) is 9.59 Å². The molecule has 0 bridgehead atoms. The number of imide groups is 1. The summed E-state index contributed by atoms with van der Waals surface area (Å²) in [4.78, 5) is 25.8. The smallest absolute Gasteiger partial charge is 0.324 e. The molecule has 0 saturated heterocycles. The van der Waals surface area contributed by atoms with Gasteiger partial charge in [-0.2, -0.15) is 0 Å². The molecule has 100 valence electrons. The molecular formula is C12H17ClN2O2S. The van der Waals surface area contributed by atoms with E-state index in [-0.39, 0.29) is 30.3 Å². The number of rotatable bonds is 5. The van der Waals surface area contributed by atoms with Gasteiger partial charge in [-0.25, -0.2) is 4.79 Å². The lowest BCUT2D eigenvalue weighted by Crippen LogP contribution is -2.45. The molecule has 0 fully saturated rings. The van der Waals surface area contributed by atoms with Gasteiger partial charge in [-0.05, 0) is 18.4 Å². The first-order chi connectivity index (χ1) is 8.54. The van der Waals surface area contributed by atoms with Crippen LogP contribution in [-0.4, -0.2) is 35.8 Å². The van der Waals surface area contributed by atoms with Crippen molar-refractivity contribution in [1.82, 2.24) is 10.2 Å². The third kappa shape index (κ3) is 4.66. The summed E-state index contributed by atoms with van der Waals surface area (Å²) in [6, 6.07) is 3.67. The van der Waals surface area contributed by atoms with Crippen LogP contribution in [0.4, 0.5) is 4.79 Å². The first kappa shape index (κ1) is 15.0. The van der Waals surface area contributed by atoms with Crippen LogP contribution in [0.5, 0.6) is 0 Å². The maximum Gasteiger partial charge on any atom is 0.324 e. The molecule has 18 heavy (non-hydrogen) atoms. The van der Waals surface area contributed by atoms with Crippen molar-refractivity contribution in [2.75, 3.05) is 12.9 Å². The van der Waals surface area contributed by atoms with Gasteiger partial charge in [-0.1, -0.05) is 6.07 Å². The number of thiophene rings is 1. The molecule has 6 heteroatoms. The van der Waals surface area contributed by atoms with Crippen LogP contribution in [0.25, 0.3) is 0 Å². The van der Waals surface area contributed by atoms with Crippen LogP contribution in [0.2, 0.25) is 0 Å². The Morgan fingerprint density at radius 3 is 2.83 bits per heavy atom. The van der Waals surface area contributed by atoms with Crippen LogP contribution in [0.15, 0.2) is 17.5 Å². The number of hydrogen-bond acceptors (Lipinski definition) is 3. The molecule has 0 spiro atoms. The van der Waals surface area contributed by atoms with Crippen LogP contribution in [0.1, 0.15) is 18.2 Å². The minimum absolute atomic E-state index is 0.0347. The number of likely N-dealkylation sites (N-methyl/N-ethyl adjacent to an activating group) is 1. The summed E-state index contributed by atoms with van der Waals surface area (Å²) in [6.45, 7) is 1.95. The molecule has 3 amide bonds. The predicted molar refractivity (Wildman–Crippen MR) is 74.1 cm³/mol. The molecule has 0 aliphatic rings. The van der Waals surface area contributed by atoms with E-state index >= 15 is 0 Å². The van der Waals surface area contributed by atoms with Gasteiger partial charge in [-0.15, -0.1) is 22.9 Å². The van der Waals surface area contributed by atoms with Crippen molar-refractivity contribution in [1.29, 1.82) is 0 Å². The van der Waals surface area contributed by atoms with Gasteiger partial charge >= 0.3 is 6.03 Å². The van der Waals surface area contributed by atoms with E-state index in [0.29, 0.717) is 0 Å². The number of carbonyl (C=O) groups is 2. The van der Waals surface area contributed by atoms with Gasteiger partial charge in [0.25, 0.3) is 0 Å².